The number of hydrogen-bond donors (Lipinski definition) is 2. The molecular formula is C31H28F4N6O2. The molecule has 3 saturated heterocycles. The molecule has 4 atom stereocenters. The summed E-state index contributed by atoms with van der Waals surface area (Å²) in [4.78, 5) is 17.6. The van der Waals surface area contributed by atoms with Crippen molar-refractivity contribution in [1.29, 1.82) is 0 Å². The fourth-order valence-electron chi connectivity index (χ4n) is 7.33. The van der Waals surface area contributed by atoms with Gasteiger partial charge in [0.25, 0.3) is 0 Å². The van der Waals surface area contributed by atoms with E-state index in [1.165, 1.54) is 18.3 Å². The minimum atomic E-state index is -1.17. The van der Waals surface area contributed by atoms with Crippen molar-refractivity contribution in [2.75, 3.05) is 37.7 Å². The number of aromatic nitrogens is 3. The number of benzene rings is 2. The first-order chi connectivity index (χ1) is 20.8. The summed E-state index contributed by atoms with van der Waals surface area (Å²) in [5.41, 5.74) is -0.973. The van der Waals surface area contributed by atoms with Crippen LogP contribution in [0.1, 0.15) is 19.3 Å². The van der Waals surface area contributed by atoms with Crippen LogP contribution >= 0.6 is 0 Å². The lowest BCUT2D eigenvalue weighted by Crippen LogP contribution is -2.52. The molecule has 12 heteroatoms. The summed E-state index contributed by atoms with van der Waals surface area (Å²) in [6.07, 6.45) is 6.74. The number of fused-ring (bicyclic) bond motifs is 5. The predicted molar refractivity (Wildman–Crippen MR) is 152 cm³/mol. The SMILES string of the molecule is Oc1cc(-c2ncc3c(N4CC5C=CC(C4)N5)nc(OCC45CCCN4C[C@H](F)C5)nc3c2F)c2c(F)c(F)ccc2c1. The monoisotopic (exact) mass is 592 g/mol. The Bertz CT molecular complexity index is 1810. The first-order valence-corrected chi connectivity index (χ1v) is 14.5. The maximum atomic E-state index is 16.5. The number of anilines is 1. The quantitative estimate of drug-likeness (QED) is 0.256. The Morgan fingerprint density at radius 3 is 2.67 bits per heavy atom. The minimum Gasteiger partial charge on any atom is -0.508 e. The maximum absolute atomic E-state index is 16.5. The summed E-state index contributed by atoms with van der Waals surface area (Å²) >= 11 is 0. The fourth-order valence-corrected chi connectivity index (χ4v) is 7.33. The number of phenols is 1. The van der Waals surface area contributed by atoms with Gasteiger partial charge in [-0.15, -0.1) is 0 Å². The Hall–Kier alpha value is -4.03. The van der Waals surface area contributed by atoms with Gasteiger partial charge in [0.15, 0.2) is 17.5 Å². The smallest absolute Gasteiger partial charge is 0.319 e. The van der Waals surface area contributed by atoms with Crippen molar-refractivity contribution in [3.8, 4) is 23.0 Å². The lowest BCUT2D eigenvalue weighted by Gasteiger charge is -2.34. The number of rotatable bonds is 5. The molecule has 4 aliphatic rings. The van der Waals surface area contributed by atoms with E-state index in [0.717, 1.165) is 31.5 Å². The van der Waals surface area contributed by atoms with E-state index in [9.17, 15) is 13.9 Å². The number of halogens is 4. The number of piperazine rings is 1. The minimum absolute atomic E-state index is 0.0566. The first-order valence-electron chi connectivity index (χ1n) is 14.5. The molecule has 3 fully saturated rings. The van der Waals surface area contributed by atoms with Gasteiger partial charge in [-0.05, 0) is 43.0 Å². The Balaban J connectivity index is 1.27. The Morgan fingerprint density at radius 1 is 1.05 bits per heavy atom. The number of phenolic OH excluding ortho intramolecular Hbond substituents is 1. The van der Waals surface area contributed by atoms with Gasteiger partial charge in [0.05, 0.1) is 10.9 Å². The van der Waals surface area contributed by atoms with E-state index in [0.29, 0.717) is 37.3 Å². The summed E-state index contributed by atoms with van der Waals surface area (Å²) in [6, 6.07) is 4.81. The molecule has 222 valence electrons. The Kier molecular flexibility index (Phi) is 6.03. The third-order valence-electron chi connectivity index (χ3n) is 9.26. The number of alkyl halides is 1. The van der Waals surface area contributed by atoms with Crippen LogP contribution in [0.25, 0.3) is 32.9 Å². The van der Waals surface area contributed by atoms with Crippen LogP contribution in [0.2, 0.25) is 0 Å². The number of nitrogens with one attached hydrogen (secondary N) is 1. The summed E-state index contributed by atoms with van der Waals surface area (Å²) in [6.45, 7) is 2.47. The van der Waals surface area contributed by atoms with E-state index >= 15 is 8.78 Å². The van der Waals surface area contributed by atoms with E-state index in [4.69, 9.17) is 9.72 Å². The molecule has 0 radical (unpaired) electrons. The first kappa shape index (κ1) is 26.6. The van der Waals surface area contributed by atoms with Crippen LogP contribution < -0.4 is 15.0 Å². The van der Waals surface area contributed by atoms with Gasteiger partial charge in [0.2, 0.25) is 0 Å². The highest BCUT2D eigenvalue weighted by atomic mass is 19.2. The molecule has 2 bridgehead atoms. The van der Waals surface area contributed by atoms with Crippen LogP contribution in [0.15, 0.2) is 42.6 Å². The molecule has 2 N–H and O–H groups in total. The highest BCUT2D eigenvalue weighted by Gasteiger charge is 2.49. The normalized spacial score (nSPS) is 26.6. The predicted octanol–water partition coefficient (Wildman–Crippen LogP) is 4.64. The molecule has 6 heterocycles. The molecule has 4 aromatic rings. The number of nitrogens with zero attached hydrogens (tertiary/aromatic N) is 5. The largest absolute Gasteiger partial charge is 0.508 e. The second kappa shape index (κ2) is 9.75. The Morgan fingerprint density at radius 2 is 1.86 bits per heavy atom. The van der Waals surface area contributed by atoms with Gasteiger partial charge in [0.1, 0.15) is 35.6 Å². The molecule has 0 aliphatic carbocycles. The lowest BCUT2D eigenvalue weighted by atomic mass is 9.95. The van der Waals surface area contributed by atoms with Gasteiger partial charge in [-0.3, -0.25) is 9.88 Å². The number of hydrogen-bond acceptors (Lipinski definition) is 8. The molecule has 43 heavy (non-hydrogen) atoms. The molecule has 0 amide bonds. The van der Waals surface area contributed by atoms with Gasteiger partial charge in [-0.25, -0.2) is 17.6 Å². The Labute approximate surface area is 244 Å². The van der Waals surface area contributed by atoms with Crippen molar-refractivity contribution in [2.45, 2.75) is 43.1 Å². The fraction of sp³-hybridized carbons (Fsp3) is 0.387. The van der Waals surface area contributed by atoms with Crippen LogP contribution in [0.5, 0.6) is 11.8 Å². The van der Waals surface area contributed by atoms with E-state index in [1.54, 1.807) is 0 Å². The molecule has 0 spiro atoms. The van der Waals surface area contributed by atoms with E-state index in [2.05, 4.69) is 32.3 Å². The zero-order chi connectivity index (χ0) is 29.5. The average Bonchev–Trinajstić information content (AvgIpc) is 3.63. The van der Waals surface area contributed by atoms with Crippen molar-refractivity contribution in [3.05, 3.63) is 60.1 Å². The summed E-state index contributed by atoms with van der Waals surface area (Å²) in [5.74, 6) is -2.98. The van der Waals surface area contributed by atoms with Crippen LogP contribution in [-0.4, -0.2) is 81.5 Å². The summed E-state index contributed by atoms with van der Waals surface area (Å²) < 4.78 is 66.4. The second-order valence-electron chi connectivity index (χ2n) is 12.0. The highest BCUT2D eigenvalue weighted by Crippen LogP contribution is 2.41. The zero-order valence-corrected chi connectivity index (χ0v) is 23.0. The van der Waals surface area contributed by atoms with Gasteiger partial charge in [0, 0.05) is 55.3 Å². The van der Waals surface area contributed by atoms with Crippen LogP contribution in [0, 0.1) is 17.5 Å². The molecule has 0 saturated carbocycles. The van der Waals surface area contributed by atoms with Crippen LogP contribution in [-0.2, 0) is 0 Å². The van der Waals surface area contributed by atoms with Crippen molar-refractivity contribution < 1.29 is 27.4 Å². The molecular weight excluding hydrogens is 564 g/mol. The molecule has 8 rings (SSSR count). The lowest BCUT2D eigenvalue weighted by molar-refractivity contribution is 0.107. The van der Waals surface area contributed by atoms with Crippen LogP contribution in [0.3, 0.4) is 0 Å². The van der Waals surface area contributed by atoms with Gasteiger partial charge >= 0.3 is 6.01 Å². The average molecular weight is 593 g/mol. The van der Waals surface area contributed by atoms with Gasteiger partial charge < -0.3 is 20.1 Å². The molecule has 8 nitrogen and oxygen atoms in total. The zero-order valence-electron chi connectivity index (χ0n) is 23.0. The van der Waals surface area contributed by atoms with Crippen LogP contribution in [0.4, 0.5) is 23.4 Å². The molecule has 2 aromatic carbocycles. The molecule has 4 aliphatic heterocycles. The van der Waals surface area contributed by atoms with E-state index in [1.807, 2.05) is 4.90 Å². The maximum Gasteiger partial charge on any atom is 0.319 e. The second-order valence-corrected chi connectivity index (χ2v) is 12.0. The van der Waals surface area contributed by atoms with Crippen molar-refractivity contribution in [3.63, 3.8) is 0 Å². The van der Waals surface area contributed by atoms with E-state index < -0.39 is 29.2 Å². The summed E-state index contributed by atoms with van der Waals surface area (Å²) in [5, 5.41) is 14.1. The topological polar surface area (TPSA) is 86.6 Å². The third kappa shape index (κ3) is 4.29. The highest BCUT2D eigenvalue weighted by molar-refractivity contribution is 6.00. The standard InChI is InChI=1S/C31H28F4N6O2/c32-17-10-31(6-1-7-41(31)12-17)15-43-30-38-28-22(29(39-30)40-13-18-3-4-19(14-40)37-18)11-36-27(26(28)35)21-9-20(42)8-16-2-5-23(33)25(34)24(16)21/h2-5,8-9,11,17-19,37,42H,1,6-7,10,12-15H2/t17-,18?,19?,31?/m1/s1. The summed E-state index contributed by atoms with van der Waals surface area (Å²) in [7, 11) is 0. The van der Waals surface area contributed by atoms with E-state index in [-0.39, 0.29) is 58.0 Å². The van der Waals surface area contributed by atoms with Gasteiger partial charge in [-0.1, -0.05) is 18.2 Å². The number of aromatic hydroxyl groups is 1. The third-order valence-corrected chi connectivity index (χ3v) is 9.26. The number of ether oxygens (including phenoxy) is 1. The van der Waals surface area contributed by atoms with Gasteiger partial charge in [-0.2, -0.15) is 9.97 Å². The number of pyridine rings is 1. The molecule has 3 unspecified atom stereocenters. The van der Waals surface area contributed by atoms with Crippen molar-refractivity contribution in [1.82, 2.24) is 25.2 Å². The van der Waals surface area contributed by atoms with Crippen molar-refractivity contribution >= 4 is 27.5 Å². The molecule has 2 aromatic heterocycles. The van der Waals surface area contributed by atoms with Crippen molar-refractivity contribution in [2.24, 2.45) is 0 Å².